The van der Waals surface area contributed by atoms with Gasteiger partial charge in [-0.15, -0.1) is 24.8 Å². The Morgan fingerprint density at radius 3 is 2.42 bits per heavy atom. The quantitative estimate of drug-likeness (QED) is 0.526. The van der Waals surface area contributed by atoms with E-state index in [-0.39, 0.29) is 36.8 Å². The highest BCUT2D eigenvalue weighted by molar-refractivity contribution is 5.85. The summed E-state index contributed by atoms with van der Waals surface area (Å²) in [5.74, 6) is 1.81. The minimum Gasteiger partial charge on any atom is -0.493 e. The van der Waals surface area contributed by atoms with Gasteiger partial charge in [0.2, 0.25) is 0 Å². The number of aliphatic hydroxyl groups is 1. The fourth-order valence-electron chi connectivity index (χ4n) is 6.15. The number of piperazine rings is 1. The number of benzene rings is 2. The lowest BCUT2D eigenvalue weighted by Gasteiger charge is -2.46. The van der Waals surface area contributed by atoms with Gasteiger partial charge in [-0.1, -0.05) is 42.5 Å². The molecule has 0 spiro atoms. The van der Waals surface area contributed by atoms with Crippen LogP contribution < -0.4 is 9.47 Å². The van der Waals surface area contributed by atoms with E-state index in [0.29, 0.717) is 6.61 Å². The van der Waals surface area contributed by atoms with Gasteiger partial charge in [0.15, 0.2) is 17.1 Å². The molecule has 0 radical (unpaired) electrons. The maximum absolute atomic E-state index is 11.2. The molecule has 0 amide bonds. The fraction of sp³-hybridized carbons (Fsp3) is 0.571. The van der Waals surface area contributed by atoms with Crippen molar-refractivity contribution in [3.05, 3.63) is 59.7 Å². The van der Waals surface area contributed by atoms with Crippen molar-refractivity contribution in [2.24, 2.45) is 0 Å². The van der Waals surface area contributed by atoms with Gasteiger partial charge in [-0.3, -0.25) is 9.80 Å². The lowest BCUT2D eigenvalue weighted by Crippen LogP contribution is -2.61. The van der Waals surface area contributed by atoms with Crippen LogP contribution in [-0.2, 0) is 4.74 Å². The Labute approximate surface area is 227 Å². The Balaban J connectivity index is 0.00000180. The lowest BCUT2D eigenvalue weighted by molar-refractivity contribution is -0.100. The van der Waals surface area contributed by atoms with E-state index in [2.05, 4.69) is 53.1 Å². The third-order valence-corrected chi connectivity index (χ3v) is 7.92. The molecule has 2 aliphatic heterocycles. The third kappa shape index (κ3) is 5.64. The van der Waals surface area contributed by atoms with Gasteiger partial charge < -0.3 is 19.3 Å². The van der Waals surface area contributed by atoms with E-state index in [4.69, 9.17) is 14.2 Å². The molecule has 6 nitrogen and oxygen atoms in total. The van der Waals surface area contributed by atoms with Crippen LogP contribution in [0.25, 0.3) is 0 Å². The zero-order chi connectivity index (χ0) is 23.5. The van der Waals surface area contributed by atoms with E-state index in [1.54, 1.807) is 7.11 Å². The number of rotatable bonds is 8. The Kier molecular flexibility index (Phi) is 10.3. The summed E-state index contributed by atoms with van der Waals surface area (Å²) in [7, 11) is 1.69. The first kappa shape index (κ1) is 29.0. The Morgan fingerprint density at radius 2 is 1.72 bits per heavy atom. The van der Waals surface area contributed by atoms with Crippen LogP contribution in [0.1, 0.15) is 49.3 Å². The van der Waals surface area contributed by atoms with Crippen molar-refractivity contribution in [3.8, 4) is 11.5 Å². The molecule has 0 aromatic heterocycles. The molecule has 2 fully saturated rings. The van der Waals surface area contributed by atoms with Gasteiger partial charge in [0.05, 0.1) is 19.3 Å². The summed E-state index contributed by atoms with van der Waals surface area (Å²) in [6.07, 6.45) is 2.49. The first-order valence-electron chi connectivity index (χ1n) is 12.8. The zero-order valence-electron chi connectivity index (χ0n) is 21.3. The van der Waals surface area contributed by atoms with E-state index in [0.717, 1.165) is 70.0 Å². The summed E-state index contributed by atoms with van der Waals surface area (Å²) >= 11 is 0. The predicted octanol–water partition coefficient (Wildman–Crippen LogP) is 4.69. The van der Waals surface area contributed by atoms with E-state index in [9.17, 15) is 5.11 Å². The van der Waals surface area contributed by atoms with Crippen molar-refractivity contribution in [1.29, 1.82) is 0 Å². The highest BCUT2D eigenvalue weighted by Gasteiger charge is 2.56. The molecule has 1 aliphatic carbocycles. The van der Waals surface area contributed by atoms with E-state index in [1.807, 2.05) is 12.1 Å². The number of aliphatic hydroxyl groups excluding tert-OH is 1. The van der Waals surface area contributed by atoms with Crippen LogP contribution in [0.15, 0.2) is 48.5 Å². The van der Waals surface area contributed by atoms with Gasteiger partial charge in [-0.2, -0.15) is 0 Å². The van der Waals surface area contributed by atoms with Gasteiger partial charge in [-0.05, 0) is 37.8 Å². The molecule has 200 valence electrons. The largest absolute Gasteiger partial charge is 0.493 e. The average Bonchev–Trinajstić information content (AvgIpc) is 3.21. The lowest BCUT2D eigenvalue weighted by atomic mass is 9.71. The molecule has 2 heterocycles. The highest BCUT2D eigenvalue weighted by atomic mass is 35.5. The zero-order valence-corrected chi connectivity index (χ0v) is 22.9. The smallest absolute Gasteiger partial charge is 0.165 e. The van der Waals surface area contributed by atoms with Crippen molar-refractivity contribution < 1.29 is 19.3 Å². The SMILES string of the molecule is CCOC(CN1CCN(CC23Oc4c(OC)cccc4C2CCCC3O)CC1)c1ccccc1.Cl.Cl. The fourth-order valence-corrected chi connectivity index (χ4v) is 6.15. The van der Waals surface area contributed by atoms with E-state index < -0.39 is 11.7 Å². The molecule has 2 aromatic carbocycles. The first-order chi connectivity index (χ1) is 16.6. The van der Waals surface area contributed by atoms with Crippen molar-refractivity contribution >= 4 is 24.8 Å². The van der Waals surface area contributed by atoms with Crippen LogP contribution in [0.4, 0.5) is 0 Å². The summed E-state index contributed by atoms with van der Waals surface area (Å²) in [5, 5.41) is 11.2. The number of para-hydroxylation sites is 1. The molecular formula is C28H40Cl2N2O4. The second kappa shape index (κ2) is 12.8. The number of methoxy groups -OCH3 is 1. The number of hydrogen-bond donors (Lipinski definition) is 1. The number of hydrogen-bond acceptors (Lipinski definition) is 6. The summed E-state index contributed by atoms with van der Waals surface area (Å²) in [6.45, 7) is 8.33. The van der Waals surface area contributed by atoms with E-state index in [1.165, 1.54) is 11.1 Å². The first-order valence-corrected chi connectivity index (χ1v) is 12.8. The van der Waals surface area contributed by atoms with Crippen LogP contribution in [-0.4, -0.2) is 79.6 Å². The van der Waals surface area contributed by atoms with Gasteiger partial charge >= 0.3 is 0 Å². The second-order valence-electron chi connectivity index (χ2n) is 9.87. The van der Waals surface area contributed by atoms with Gasteiger partial charge in [-0.25, -0.2) is 0 Å². The summed E-state index contributed by atoms with van der Waals surface area (Å²) in [6, 6.07) is 16.7. The summed E-state index contributed by atoms with van der Waals surface area (Å²) in [5.41, 5.74) is 1.85. The standard InChI is InChI=1S/C28H38N2O4.2ClH/c1-3-33-25(21-9-5-4-6-10-21)19-29-15-17-30(18-16-29)20-28-23(12-8-14-26(28)31)22-11-7-13-24(32-2)27(22)34-28;;/h4-7,9-11,13,23,25-26,31H,3,8,12,14-20H2,1-2H3;2*1H. The Bertz CT molecular complexity index is 958. The van der Waals surface area contributed by atoms with Crippen LogP contribution >= 0.6 is 24.8 Å². The minimum atomic E-state index is -0.588. The molecule has 5 rings (SSSR count). The van der Waals surface area contributed by atoms with Crippen molar-refractivity contribution in [3.63, 3.8) is 0 Å². The molecule has 3 aliphatic rings. The topological polar surface area (TPSA) is 54.4 Å². The molecule has 8 heteroatoms. The minimum absolute atomic E-state index is 0. The average molecular weight is 540 g/mol. The van der Waals surface area contributed by atoms with Crippen LogP contribution in [0.5, 0.6) is 11.5 Å². The van der Waals surface area contributed by atoms with E-state index >= 15 is 0 Å². The molecule has 2 aromatic rings. The van der Waals surface area contributed by atoms with Crippen LogP contribution in [0.3, 0.4) is 0 Å². The summed E-state index contributed by atoms with van der Waals surface area (Å²) in [4.78, 5) is 4.98. The number of fused-ring (bicyclic) bond motifs is 3. The van der Waals surface area contributed by atoms with Gasteiger partial charge in [0.25, 0.3) is 0 Å². The van der Waals surface area contributed by atoms with Crippen molar-refractivity contribution in [2.75, 3.05) is 53.0 Å². The molecule has 4 atom stereocenters. The number of halogens is 2. The highest BCUT2D eigenvalue weighted by Crippen LogP contribution is 2.55. The summed E-state index contributed by atoms with van der Waals surface area (Å²) < 4.78 is 18.4. The molecule has 0 bridgehead atoms. The normalized spacial score (nSPS) is 26.5. The van der Waals surface area contributed by atoms with Gasteiger partial charge in [0, 0.05) is 57.4 Å². The molecule has 1 saturated carbocycles. The van der Waals surface area contributed by atoms with Crippen LogP contribution in [0, 0.1) is 0 Å². The van der Waals surface area contributed by atoms with Gasteiger partial charge in [0.1, 0.15) is 0 Å². The number of ether oxygens (including phenoxy) is 3. The predicted molar refractivity (Wildman–Crippen MR) is 147 cm³/mol. The molecule has 1 N–H and O–H groups in total. The molecular weight excluding hydrogens is 499 g/mol. The Hall–Kier alpha value is -1.54. The second-order valence-corrected chi connectivity index (χ2v) is 9.87. The third-order valence-electron chi connectivity index (χ3n) is 7.92. The van der Waals surface area contributed by atoms with Crippen molar-refractivity contribution in [1.82, 2.24) is 9.80 Å². The molecule has 36 heavy (non-hydrogen) atoms. The monoisotopic (exact) mass is 538 g/mol. The number of nitrogens with zero attached hydrogens (tertiary/aromatic N) is 2. The maximum Gasteiger partial charge on any atom is 0.165 e. The Morgan fingerprint density at radius 1 is 1.00 bits per heavy atom. The van der Waals surface area contributed by atoms with Crippen LogP contribution in [0.2, 0.25) is 0 Å². The maximum atomic E-state index is 11.2. The van der Waals surface area contributed by atoms with Crippen molar-refractivity contribution in [2.45, 2.75) is 49.9 Å². The molecule has 4 unspecified atom stereocenters. The molecule has 1 saturated heterocycles.